The summed E-state index contributed by atoms with van der Waals surface area (Å²) in [5, 5.41) is 10.1. The average molecular weight is 388 g/mol. The summed E-state index contributed by atoms with van der Waals surface area (Å²) < 4.78 is 30.3. The van der Waals surface area contributed by atoms with Crippen LogP contribution in [0.2, 0.25) is 0 Å². The smallest absolute Gasteiger partial charge is 0.323 e. The Morgan fingerprint density at radius 2 is 2.19 bits per heavy atom. The van der Waals surface area contributed by atoms with E-state index in [-0.39, 0.29) is 18.5 Å². The average Bonchev–Trinajstić information content (AvgIpc) is 2.88. The minimum absolute atomic E-state index is 0.0984. The number of nitrogens with zero attached hydrogens (tertiary/aromatic N) is 2. The van der Waals surface area contributed by atoms with Crippen molar-refractivity contribution in [3.63, 3.8) is 0 Å². The molecular formula is C20H18F2N2O2S. The molecule has 7 heteroatoms. The van der Waals surface area contributed by atoms with Crippen LogP contribution in [0.3, 0.4) is 0 Å². The number of carboxylic acids is 1. The highest BCUT2D eigenvalue weighted by atomic mass is 32.2. The zero-order valence-corrected chi connectivity index (χ0v) is 15.5. The van der Waals surface area contributed by atoms with Gasteiger partial charge in [-0.15, -0.1) is 11.8 Å². The standard InChI is InChI=1S/C20H18F2N2O2S/c1-12-15(14-3-2-7-23-19(14)24(12)11-18(25)26)9-13-4-5-17-16(10-13)20(21,22)6-8-27-17/h2-5,7,10H,6,8-9,11H2,1H3,(H,25,26). The van der Waals surface area contributed by atoms with Crippen LogP contribution in [-0.2, 0) is 23.7 Å². The van der Waals surface area contributed by atoms with Crippen LogP contribution in [-0.4, -0.2) is 26.4 Å². The maximum absolute atomic E-state index is 14.3. The first kappa shape index (κ1) is 18.0. The molecule has 0 aliphatic carbocycles. The maximum Gasteiger partial charge on any atom is 0.323 e. The van der Waals surface area contributed by atoms with Crippen LogP contribution in [0.5, 0.6) is 0 Å². The Hall–Kier alpha value is -2.41. The molecule has 0 atom stereocenters. The van der Waals surface area contributed by atoms with Crippen molar-refractivity contribution in [3.05, 3.63) is 58.9 Å². The molecule has 0 saturated carbocycles. The van der Waals surface area contributed by atoms with Crippen molar-refractivity contribution in [1.82, 2.24) is 9.55 Å². The molecule has 1 N–H and O–H groups in total. The topological polar surface area (TPSA) is 55.1 Å². The molecule has 140 valence electrons. The van der Waals surface area contributed by atoms with Crippen molar-refractivity contribution < 1.29 is 18.7 Å². The number of hydrogen-bond acceptors (Lipinski definition) is 3. The molecule has 0 fully saturated rings. The van der Waals surface area contributed by atoms with Crippen LogP contribution < -0.4 is 0 Å². The molecule has 4 rings (SSSR count). The lowest BCUT2D eigenvalue weighted by atomic mass is 9.97. The Kier molecular flexibility index (Phi) is 4.42. The predicted molar refractivity (Wildman–Crippen MR) is 101 cm³/mol. The third-order valence-corrected chi connectivity index (χ3v) is 6.07. The van der Waals surface area contributed by atoms with Gasteiger partial charge in [-0.3, -0.25) is 4.79 Å². The number of aliphatic carboxylic acids is 1. The first-order valence-electron chi connectivity index (χ1n) is 8.65. The normalized spacial score (nSPS) is 15.7. The first-order valence-corrected chi connectivity index (χ1v) is 9.64. The van der Waals surface area contributed by atoms with Gasteiger partial charge in [-0.1, -0.05) is 6.07 Å². The monoisotopic (exact) mass is 388 g/mol. The van der Waals surface area contributed by atoms with Gasteiger partial charge in [0.25, 0.3) is 5.92 Å². The summed E-state index contributed by atoms with van der Waals surface area (Å²) in [5.41, 5.74) is 3.21. The van der Waals surface area contributed by atoms with Gasteiger partial charge in [0, 0.05) is 39.9 Å². The Balaban J connectivity index is 1.79. The van der Waals surface area contributed by atoms with Crippen molar-refractivity contribution in [2.45, 2.75) is 37.1 Å². The molecular weight excluding hydrogens is 370 g/mol. The van der Waals surface area contributed by atoms with Gasteiger partial charge < -0.3 is 9.67 Å². The molecule has 3 aromatic rings. The van der Waals surface area contributed by atoms with Crippen LogP contribution in [0.4, 0.5) is 8.78 Å². The highest BCUT2D eigenvalue weighted by Gasteiger charge is 2.37. The summed E-state index contributed by atoms with van der Waals surface area (Å²) in [4.78, 5) is 16.2. The lowest BCUT2D eigenvalue weighted by Crippen LogP contribution is -2.19. The van der Waals surface area contributed by atoms with Crippen molar-refractivity contribution in [1.29, 1.82) is 0 Å². The van der Waals surface area contributed by atoms with E-state index in [9.17, 15) is 18.7 Å². The first-order chi connectivity index (χ1) is 12.9. The molecule has 1 aliphatic rings. The molecule has 4 nitrogen and oxygen atoms in total. The van der Waals surface area contributed by atoms with E-state index in [1.807, 2.05) is 19.1 Å². The molecule has 0 saturated heterocycles. The minimum Gasteiger partial charge on any atom is -0.480 e. The van der Waals surface area contributed by atoms with Gasteiger partial charge in [-0.2, -0.15) is 0 Å². The molecule has 0 amide bonds. The van der Waals surface area contributed by atoms with E-state index in [0.29, 0.717) is 22.7 Å². The number of halogens is 2. The van der Waals surface area contributed by atoms with E-state index in [2.05, 4.69) is 4.98 Å². The Bertz CT molecular complexity index is 1050. The number of fused-ring (bicyclic) bond motifs is 2. The van der Waals surface area contributed by atoms with Crippen LogP contribution in [0, 0.1) is 6.92 Å². The van der Waals surface area contributed by atoms with E-state index in [1.54, 1.807) is 29.0 Å². The number of rotatable bonds is 4. The lowest BCUT2D eigenvalue weighted by Gasteiger charge is -2.25. The lowest BCUT2D eigenvalue weighted by molar-refractivity contribution is -0.137. The Morgan fingerprint density at radius 1 is 1.37 bits per heavy atom. The molecule has 27 heavy (non-hydrogen) atoms. The van der Waals surface area contributed by atoms with Crippen molar-refractivity contribution in [3.8, 4) is 0 Å². The SMILES string of the molecule is Cc1c(Cc2ccc3c(c2)C(F)(F)CCS3)c2cccnc2n1CC(=O)O. The third kappa shape index (κ3) is 3.20. The second kappa shape index (κ2) is 6.64. The Morgan fingerprint density at radius 3 is 2.96 bits per heavy atom. The highest BCUT2D eigenvalue weighted by Crippen LogP contribution is 2.44. The van der Waals surface area contributed by atoms with E-state index < -0.39 is 11.9 Å². The molecule has 3 heterocycles. The number of aromatic nitrogens is 2. The number of carboxylic acid groups (broad SMARTS) is 1. The number of hydrogen-bond donors (Lipinski definition) is 1. The van der Waals surface area contributed by atoms with Gasteiger partial charge >= 0.3 is 5.97 Å². The summed E-state index contributed by atoms with van der Waals surface area (Å²) in [6.45, 7) is 1.67. The van der Waals surface area contributed by atoms with Gasteiger partial charge in [0.15, 0.2) is 0 Å². The number of pyridine rings is 1. The predicted octanol–water partition coefficient (Wildman–Crippen LogP) is 4.61. The Labute approximate surface area is 159 Å². The second-order valence-electron chi connectivity index (χ2n) is 6.73. The van der Waals surface area contributed by atoms with Gasteiger partial charge in [0.05, 0.1) is 0 Å². The van der Waals surface area contributed by atoms with Crippen molar-refractivity contribution in [2.24, 2.45) is 0 Å². The summed E-state index contributed by atoms with van der Waals surface area (Å²) >= 11 is 1.46. The summed E-state index contributed by atoms with van der Waals surface area (Å²) in [5.74, 6) is -3.32. The zero-order chi connectivity index (χ0) is 19.2. The van der Waals surface area contributed by atoms with Gasteiger partial charge in [-0.05, 0) is 48.7 Å². The molecule has 0 radical (unpaired) electrons. The second-order valence-corrected chi connectivity index (χ2v) is 7.87. The van der Waals surface area contributed by atoms with Gasteiger partial charge in [0.1, 0.15) is 12.2 Å². The molecule has 2 aromatic heterocycles. The summed E-state index contributed by atoms with van der Waals surface area (Å²) in [6.07, 6.45) is 1.93. The number of thioether (sulfide) groups is 1. The minimum atomic E-state index is -2.80. The van der Waals surface area contributed by atoms with Crippen LogP contribution >= 0.6 is 11.8 Å². The number of benzene rings is 1. The maximum atomic E-state index is 14.3. The zero-order valence-electron chi connectivity index (χ0n) is 14.7. The summed E-state index contributed by atoms with van der Waals surface area (Å²) in [7, 11) is 0. The number of alkyl halides is 2. The fraction of sp³-hybridized carbons (Fsp3) is 0.300. The fourth-order valence-corrected chi connectivity index (χ4v) is 4.75. The molecule has 0 spiro atoms. The van der Waals surface area contributed by atoms with Gasteiger partial charge in [0.2, 0.25) is 0 Å². The molecule has 1 aromatic carbocycles. The van der Waals surface area contributed by atoms with Crippen molar-refractivity contribution in [2.75, 3.05) is 5.75 Å². The van der Waals surface area contributed by atoms with Crippen molar-refractivity contribution >= 4 is 28.8 Å². The van der Waals surface area contributed by atoms with Crippen LogP contribution in [0.15, 0.2) is 41.4 Å². The summed E-state index contributed by atoms with van der Waals surface area (Å²) in [6, 6.07) is 8.94. The highest BCUT2D eigenvalue weighted by molar-refractivity contribution is 7.99. The number of carbonyl (C=O) groups is 1. The van der Waals surface area contributed by atoms with E-state index in [4.69, 9.17) is 0 Å². The van der Waals surface area contributed by atoms with Gasteiger partial charge in [-0.25, -0.2) is 13.8 Å². The molecule has 0 unspecified atom stereocenters. The quantitative estimate of drug-likeness (QED) is 0.709. The van der Waals surface area contributed by atoms with E-state index >= 15 is 0 Å². The third-order valence-electron chi connectivity index (χ3n) is 4.99. The van der Waals surface area contributed by atoms with Crippen LogP contribution in [0.1, 0.15) is 28.8 Å². The molecule has 1 aliphatic heterocycles. The molecule has 0 bridgehead atoms. The van der Waals surface area contributed by atoms with E-state index in [1.165, 1.54) is 11.8 Å². The van der Waals surface area contributed by atoms with Crippen LogP contribution in [0.25, 0.3) is 11.0 Å². The fourth-order valence-electron chi connectivity index (χ4n) is 3.64. The van der Waals surface area contributed by atoms with E-state index in [0.717, 1.165) is 22.2 Å². The largest absolute Gasteiger partial charge is 0.480 e.